The van der Waals surface area contributed by atoms with Crippen LogP contribution in [-0.4, -0.2) is 48.3 Å². The summed E-state index contributed by atoms with van der Waals surface area (Å²) >= 11 is 0. The van der Waals surface area contributed by atoms with Crippen LogP contribution in [0.5, 0.6) is 0 Å². The van der Waals surface area contributed by atoms with E-state index in [9.17, 15) is 14.4 Å². The number of rotatable bonds is 12. The lowest BCUT2D eigenvalue weighted by atomic mass is 9.90. The second-order valence-electron chi connectivity index (χ2n) is 10.6. The Bertz CT molecular complexity index is 1050. The topological polar surface area (TPSA) is 90.5 Å². The van der Waals surface area contributed by atoms with Gasteiger partial charge in [-0.15, -0.1) is 0 Å². The Morgan fingerprint density at radius 2 is 1.73 bits per heavy atom. The second kappa shape index (κ2) is 14.1. The molecule has 0 bridgehead atoms. The van der Waals surface area contributed by atoms with Crippen LogP contribution in [0.4, 0.5) is 0 Å². The molecule has 1 unspecified atom stereocenters. The van der Waals surface area contributed by atoms with Crippen molar-refractivity contribution in [1.82, 2.24) is 21.1 Å². The number of benzene rings is 2. The van der Waals surface area contributed by atoms with E-state index in [-0.39, 0.29) is 36.0 Å². The summed E-state index contributed by atoms with van der Waals surface area (Å²) < 4.78 is 0. The Labute approximate surface area is 221 Å². The molecule has 202 valence electrons. The van der Waals surface area contributed by atoms with E-state index in [4.69, 9.17) is 0 Å². The predicted molar refractivity (Wildman–Crippen MR) is 149 cm³/mol. The summed E-state index contributed by atoms with van der Waals surface area (Å²) in [6.07, 6.45) is 4.02. The summed E-state index contributed by atoms with van der Waals surface area (Å²) in [6.45, 7) is 10.7. The van der Waals surface area contributed by atoms with E-state index >= 15 is 0 Å². The van der Waals surface area contributed by atoms with Gasteiger partial charge in [0.2, 0.25) is 11.8 Å². The number of carbonyl (C=O) groups excluding carboxylic acids is 3. The summed E-state index contributed by atoms with van der Waals surface area (Å²) in [5, 5.41) is 5.80. The number of amides is 3. The molecule has 1 fully saturated rings. The van der Waals surface area contributed by atoms with Gasteiger partial charge >= 0.3 is 0 Å². The molecule has 0 saturated carbocycles. The minimum absolute atomic E-state index is 0.0144. The minimum atomic E-state index is -0.523. The van der Waals surface area contributed by atoms with Gasteiger partial charge in [0.25, 0.3) is 5.91 Å². The van der Waals surface area contributed by atoms with Crippen LogP contribution in [0.3, 0.4) is 0 Å². The highest BCUT2D eigenvalue weighted by Gasteiger charge is 2.36. The molecule has 2 atom stereocenters. The first-order valence-corrected chi connectivity index (χ1v) is 13.9. The molecule has 37 heavy (non-hydrogen) atoms. The first kappa shape index (κ1) is 28.6. The summed E-state index contributed by atoms with van der Waals surface area (Å²) in [7, 11) is 0. The molecule has 1 heterocycles. The van der Waals surface area contributed by atoms with Crippen molar-refractivity contribution in [2.24, 2.45) is 11.8 Å². The van der Waals surface area contributed by atoms with E-state index < -0.39 is 6.04 Å². The van der Waals surface area contributed by atoms with Crippen molar-refractivity contribution in [2.45, 2.75) is 78.2 Å². The number of likely N-dealkylation sites (tertiary alicyclic amines) is 1. The molecule has 7 nitrogen and oxygen atoms in total. The third-order valence-electron chi connectivity index (χ3n) is 7.40. The molecule has 1 aliphatic rings. The minimum Gasteiger partial charge on any atom is -0.330 e. The third-order valence-corrected chi connectivity index (χ3v) is 7.40. The predicted octanol–water partition coefficient (Wildman–Crippen LogP) is 4.52. The Kier molecular flexibility index (Phi) is 10.9. The van der Waals surface area contributed by atoms with E-state index in [1.54, 1.807) is 4.90 Å². The highest BCUT2D eigenvalue weighted by atomic mass is 16.2. The molecular formula is C30H44N4O3. The van der Waals surface area contributed by atoms with Gasteiger partial charge in [0.1, 0.15) is 6.04 Å². The fourth-order valence-electron chi connectivity index (χ4n) is 5.18. The maximum atomic E-state index is 12.9. The summed E-state index contributed by atoms with van der Waals surface area (Å²) in [6, 6.07) is 14.1. The van der Waals surface area contributed by atoms with Crippen LogP contribution >= 0.6 is 0 Å². The maximum absolute atomic E-state index is 12.9. The number of hydrazine groups is 1. The van der Waals surface area contributed by atoms with E-state index in [2.05, 4.69) is 60.3 Å². The van der Waals surface area contributed by atoms with E-state index in [0.29, 0.717) is 18.9 Å². The van der Waals surface area contributed by atoms with Gasteiger partial charge in [-0.1, -0.05) is 70.2 Å². The Hall–Kier alpha value is -2.93. The molecule has 7 heteroatoms. The molecule has 3 amide bonds. The van der Waals surface area contributed by atoms with Crippen LogP contribution < -0.4 is 16.2 Å². The number of fused-ring (bicyclic) bond motifs is 1. The SMILES string of the molecule is CCC(CC)C(=O)N1CCC[C@H]1C(=O)NNC(=O)CC(CCNCC(C)C)c1ccc2ccccc2c1. The van der Waals surface area contributed by atoms with Crippen LogP contribution in [0.2, 0.25) is 0 Å². The number of nitrogens with one attached hydrogen (secondary N) is 3. The highest BCUT2D eigenvalue weighted by Crippen LogP contribution is 2.27. The van der Waals surface area contributed by atoms with Gasteiger partial charge in [0, 0.05) is 18.9 Å². The van der Waals surface area contributed by atoms with Gasteiger partial charge < -0.3 is 10.2 Å². The van der Waals surface area contributed by atoms with Crippen LogP contribution in [0.25, 0.3) is 10.8 Å². The van der Waals surface area contributed by atoms with Crippen LogP contribution in [0.1, 0.15) is 77.7 Å². The molecule has 0 spiro atoms. The van der Waals surface area contributed by atoms with Crippen LogP contribution in [-0.2, 0) is 14.4 Å². The molecule has 2 aromatic rings. The van der Waals surface area contributed by atoms with Crippen molar-refractivity contribution in [2.75, 3.05) is 19.6 Å². The third kappa shape index (κ3) is 8.03. The average molecular weight is 509 g/mol. The highest BCUT2D eigenvalue weighted by molar-refractivity contribution is 5.90. The van der Waals surface area contributed by atoms with E-state index in [1.807, 2.05) is 26.0 Å². The van der Waals surface area contributed by atoms with Gasteiger partial charge in [0.05, 0.1) is 0 Å². The summed E-state index contributed by atoms with van der Waals surface area (Å²) in [4.78, 5) is 40.4. The smallest absolute Gasteiger partial charge is 0.261 e. The first-order chi connectivity index (χ1) is 17.8. The molecule has 1 aliphatic heterocycles. The molecule has 3 N–H and O–H groups in total. The van der Waals surface area contributed by atoms with Gasteiger partial charge in [-0.3, -0.25) is 25.2 Å². The Balaban J connectivity index is 1.61. The number of carbonyl (C=O) groups is 3. The lowest BCUT2D eigenvalue weighted by Crippen LogP contribution is -2.52. The maximum Gasteiger partial charge on any atom is 0.261 e. The van der Waals surface area contributed by atoms with Crippen molar-refractivity contribution in [3.63, 3.8) is 0 Å². The van der Waals surface area contributed by atoms with E-state index in [1.165, 1.54) is 5.39 Å². The second-order valence-corrected chi connectivity index (χ2v) is 10.6. The first-order valence-electron chi connectivity index (χ1n) is 13.9. The van der Waals surface area contributed by atoms with E-state index in [0.717, 1.165) is 49.7 Å². The fourth-order valence-corrected chi connectivity index (χ4v) is 5.18. The largest absolute Gasteiger partial charge is 0.330 e. The molecule has 0 aliphatic carbocycles. The summed E-state index contributed by atoms with van der Waals surface area (Å²) in [5.41, 5.74) is 6.35. The van der Waals surface area contributed by atoms with Gasteiger partial charge in [0.15, 0.2) is 0 Å². The number of hydrogen-bond donors (Lipinski definition) is 3. The van der Waals surface area contributed by atoms with Crippen LogP contribution in [0, 0.1) is 11.8 Å². The van der Waals surface area contributed by atoms with Gasteiger partial charge in [-0.05, 0) is 73.4 Å². The van der Waals surface area contributed by atoms with Gasteiger partial charge in [-0.2, -0.15) is 0 Å². The number of hydrogen-bond acceptors (Lipinski definition) is 4. The standard InChI is InChI=1S/C30H44N4O3/c1-5-22(6-2)30(37)34-17-9-12-27(34)29(36)33-32-28(35)19-26(15-16-31-20-21(3)4)25-14-13-23-10-7-8-11-24(23)18-25/h7-8,10-11,13-14,18,21-22,26-27,31H,5-6,9,12,15-17,19-20H2,1-4H3,(H,32,35)(H,33,36)/t26?,27-/m0/s1. The molecule has 3 rings (SSSR count). The normalized spacial score (nSPS) is 16.4. The lowest BCUT2D eigenvalue weighted by molar-refractivity contribution is -0.142. The lowest BCUT2D eigenvalue weighted by Gasteiger charge is -2.27. The fraction of sp³-hybridized carbons (Fsp3) is 0.567. The Morgan fingerprint density at radius 1 is 1.00 bits per heavy atom. The van der Waals surface area contributed by atoms with Crippen LogP contribution in [0.15, 0.2) is 42.5 Å². The zero-order valence-electron chi connectivity index (χ0n) is 22.9. The van der Waals surface area contributed by atoms with Gasteiger partial charge in [-0.25, -0.2) is 0 Å². The van der Waals surface area contributed by atoms with Crippen molar-refractivity contribution in [3.05, 3.63) is 48.0 Å². The quantitative estimate of drug-likeness (QED) is 0.290. The van der Waals surface area contributed by atoms with Crippen molar-refractivity contribution in [3.8, 4) is 0 Å². The molecular weight excluding hydrogens is 464 g/mol. The molecule has 2 aromatic carbocycles. The van der Waals surface area contributed by atoms with Crippen molar-refractivity contribution >= 4 is 28.5 Å². The average Bonchev–Trinajstić information content (AvgIpc) is 3.39. The zero-order chi connectivity index (χ0) is 26.8. The Morgan fingerprint density at radius 3 is 2.43 bits per heavy atom. The van der Waals surface area contributed by atoms with Crippen molar-refractivity contribution in [1.29, 1.82) is 0 Å². The van der Waals surface area contributed by atoms with Crippen molar-refractivity contribution < 1.29 is 14.4 Å². The molecule has 0 aromatic heterocycles. The zero-order valence-corrected chi connectivity index (χ0v) is 22.9. The molecule has 0 radical (unpaired) electrons. The monoisotopic (exact) mass is 508 g/mol. The summed E-state index contributed by atoms with van der Waals surface area (Å²) in [5.74, 6) is 0.0108. The molecule has 1 saturated heterocycles. The number of nitrogens with zero attached hydrogens (tertiary/aromatic N) is 1.